The molecule has 0 radical (unpaired) electrons. The van der Waals surface area contributed by atoms with Gasteiger partial charge >= 0.3 is 0 Å². The van der Waals surface area contributed by atoms with Gasteiger partial charge in [0.15, 0.2) is 5.82 Å². The van der Waals surface area contributed by atoms with Gasteiger partial charge in [0.25, 0.3) is 0 Å². The Labute approximate surface area is 143 Å². The van der Waals surface area contributed by atoms with Gasteiger partial charge in [0.05, 0.1) is 11.2 Å². The van der Waals surface area contributed by atoms with E-state index >= 15 is 0 Å². The van der Waals surface area contributed by atoms with E-state index in [1.54, 1.807) is 24.3 Å². The van der Waals surface area contributed by atoms with Crippen LogP contribution in [0, 0.1) is 13.8 Å². The van der Waals surface area contributed by atoms with E-state index in [4.69, 9.17) is 4.52 Å². The molecular weight excluding hydrogens is 324 g/mol. The fourth-order valence-corrected chi connectivity index (χ4v) is 3.05. The first kappa shape index (κ1) is 16.4. The van der Waals surface area contributed by atoms with E-state index in [9.17, 15) is 4.79 Å². The van der Waals surface area contributed by atoms with E-state index in [0.29, 0.717) is 18.1 Å². The van der Waals surface area contributed by atoms with E-state index < -0.39 is 6.04 Å². The summed E-state index contributed by atoms with van der Waals surface area (Å²) >= 11 is 1.57. The number of thiazole rings is 1. The predicted octanol–water partition coefficient (Wildman–Crippen LogP) is 3.22. The number of carbonyl (C=O) groups is 1. The standard InChI is InChI=1S/C17H18N4O2S/c1-11-8-15(21-23-11)20-17(22)16(13-6-4-3-5-7-13)18-9-14-12(2)19-10-24-14/h3-8,10,16,18H,9H2,1-2H3,(H,20,21,22). The lowest BCUT2D eigenvalue weighted by Gasteiger charge is -2.18. The molecule has 2 N–H and O–H groups in total. The van der Waals surface area contributed by atoms with Crippen LogP contribution >= 0.6 is 11.3 Å². The third-order valence-electron chi connectivity index (χ3n) is 3.59. The van der Waals surface area contributed by atoms with Crippen LogP contribution < -0.4 is 10.6 Å². The number of hydrogen-bond donors (Lipinski definition) is 2. The molecule has 1 aromatic carbocycles. The molecule has 0 aliphatic rings. The first-order chi connectivity index (χ1) is 11.6. The number of nitrogens with one attached hydrogen (secondary N) is 2. The van der Waals surface area contributed by atoms with Gasteiger partial charge in [0.1, 0.15) is 11.8 Å². The van der Waals surface area contributed by atoms with Crippen LogP contribution in [0.4, 0.5) is 5.82 Å². The number of aryl methyl sites for hydroxylation is 2. The molecule has 24 heavy (non-hydrogen) atoms. The number of hydrogen-bond acceptors (Lipinski definition) is 6. The van der Waals surface area contributed by atoms with Crippen LogP contribution in [0.3, 0.4) is 0 Å². The molecule has 0 spiro atoms. The summed E-state index contributed by atoms with van der Waals surface area (Å²) in [4.78, 5) is 18.0. The number of amides is 1. The van der Waals surface area contributed by atoms with Gasteiger partial charge in [-0.15, -0.1) is 11.3 Å². The molecule has 3 aromatic rings. The summed E-state index contributed by atoms with van der Waals surface area (Å²) in [6.07, 6.45) is 0. The Kier molecular flexibility index (Phi) is 5.02. The zero-order valence-electron chi connectivity index (χ0n) is 13.4. The summed E-state index contributed by atoms with van der Waals surface area (Å²) in [5, 5.41) is 9.91. The molecule has 0 bridgehead atoms. The van der Waals surface area contributed by atoms with Crippen LogP contribution in [0.5, 0.6) is 0 Å². The molecule has 0 fully saturated rings. The Morgan fingerprint density at radius 1 is 1.29 bits per heavy atom. The zero-order chi connectivity index (χ0) is 16.9. The Morgan fingerprint density at radius 2 is 2.08 bits per heavy atom. The van der Waals surface area contributed by atoms with Crippen molar-refractivity contribution in [2.75, 3.05) is 5.32 Å². The average Bonchev–Trinajstić information content (AvgIpc) is 3.17. The van der Waals surface area contributed by atoms with E-state index in [0.717, 1.165) is 16.1 Å². The van der Waals surface area contributed by atoms with Crippen molar-refractivity contribution in [3.63, 3.8) is 0 Å². The first-order valence-corrected chi connectivity index (χ1v) is 8.43. The van der Waals surface area contributed by atoms with E-state index in [1.807, 2.05) is 42.8 Å². The van der Waals surface area contributed by atoms with Crippen molar-refractivity contribution in [2.45, 2.75) is 26.4 Å². The molecular formula is C17H18N4O2S. The van der Waals surface area contributed by atoms with Crippen LogP contribution in [0.25, 0.3) is 0 Å². The number of benzene rings is 1. The third-order valence-corrected chi connectivity index (χ3v) is 4.52. The maximum Gasteiger partial charge on any atom is 0.247 e. The molecule has 124 valence electrons. The number of rotatable bonds is 6. The molecule has 0 saturated carbocycles. The topological polar surface area (TPSA) is 80.0 Å². The Hall–Kier alpha value is -2.51. The van der Waals surface area contributed by atoms with Crippen molar-refractivity contribution in [1.29, 1.82) is 0 Å². The molecule has 3 rings (SSSR count). The molecule has 6 nitrogen and oxygen atoms in total. The lowest BCUT2D eigenvalue weighted by molar-refractivity contribution is -0.118. The molecule has 2 heterocycles. The normalized spacial score (nSPS) is 12.1. The molecule has 2 aromatic heterocycles. The largest absolute Gasteiger partial charge is 0.360 e. The summed E-state index contributed by atoms with van der Waals surface area (Å²) in [7, 11) is 0. The van der Waals surface area contributed by atoms with Gasteiger partial charge in [-0.05, 0) is 19.4 Å². The summed E-state index contributed by atoms with van der Waals surface area (Å²) in [6.45, 7) is 4.31. The second kappa shape index (κ2) is 7.37. The molecule has 0 aliphatic carbocycles. The molecule has 7 heteroatoms. The molecule has 1 amide bonds. The highest BCUT2D eigenvalue weighted by atomic mass is 32.1. The summed E-state index contributed by atoms with van der Waals surface area (Å²) in [5.74, 6) is 0.876. The van der Waals surface area contributed by atoms with Gasteiger partial charge in [-0.25, -0.2) is 4.98 Å². The molecule has 1 atom stereocenters. The minimum absolute atomic E-state index is 0.184. The van der Waals surface area contributed by atoms with Gasteiger partial charge < -0.3 is 9.84 Å². The second-order valence-electron chi connectivity index (χ2n) is 5.40. The van der Waals surface area contributed by atoms with Crippen LogP contribution in [0.15, 0.2) is 46.4 Å². The van der Waals surface area contributed by atoms with Gasteiger partial charge in [-0.2, -0.15) is 0 Å². The van der Waals surface area contributed by atoms with Crippen molar-refractivity contribution in [2.24, 2.45) is 0 Å². The lowest BCUT2D eigenvalue weighted by Crippen LogP contribution is -2.32. The highest BCUT2D eigenvalue weighted by Crippen LogP contribution is 2.19. The molecule has 0 aliphatic heterocycles. The SMILES string of the molecule is Cc1cc(NC(=O)C(NCc2scnc2C)c2ccccc2)no1. The Morgan fingerprint density at radius 3 is 2.71 bits per heavy atom. The Bertz CT molecular complexity index is 813. The predicted molar refractivity (Wildman–Crippen MR) is 92.7 cm³/mol. The van der Waals surface area contributed by atoms with Gasteiger partial charge in [-0.1, -0.05) is 35.5 Å². The monoisotopic (exact) mass is 342 g/mol. The van der Waals surface area contributed by atoms with Gasteiger partial charge in [-0.3, -0.25) is 10.1 Å². The van der Waals surface area contributed by atoms with E-state index in [2.05, 4.69) is 20.8 Å². The van der Waals surface area contributed by atoms with Crippen molar-refractivity contribution in [3.8, 4) is 0 Å². The highest BCUT2D eigenvalue weighted by Gasteiger charge is 2.21. The summed E-state index contributed by atoms with van der Waals surface area (Å²) in [6, 6.07) is 10.8. The zero-order valence-corrected chi connectivity index (χ0v) is 14.3. The van der Waals surface area contributed by atoms with Crippen molar-refractivity contribution in [1.82, 2.24) is 15.5 Å². The Balaban J connectivity index is 1.76. The highest BCUT2D eigenvalue weighted by molar-refractivity contribution is 7.09. The van der Waals surface area contributed by atoms with E-state index in [-0.39, 0.29) is 5.91 Å². The second-order valence-corrected chi connectivity index (χ2v) is 6.34. The number of nitrogens with zero attached hydrogens (tertiary/aromatic N) is 2. The fourth-order valence-electron chi connectivity index (χ4n) is 2.32. The van der Waals surface area contributed by atoms with Crippen molar-refractivity contribution in [3.05, 3.63) is 63.8 Å². The molecule has 0 saturated heterocycles. The fraction of sp³-hybridized carbons (Fsp3) is 0.235. The maximum absolute atomic E-state index is 12.7. The number of anilines is 1. The van der Waals surface area contributed by atoms with Crippen LogP contribution in [-0.2, 0) is 11.3 Å². The summed E-state index contributed by atoms with van der Waals surface area (Å²) < 4.78 is 4.99. The van der Waals surface area contributed by atoms with Gasteiger partial charge in [0.2, 0.25) is 5.91 Å². The van der Waals surface area contributed by atoms with Crippen LogP contribution in [0.2, 0.25) is 0 Å². The minimum atomic E-state index is -0.496. The van der Waals surface area contributed by atoms with Crippen LogP contribution in [-0.4, -0.2) is 16.0 Å². The smallest absolute Gasteiger partial charge is 0.247 e. The minimum Gasteiger partial charge on any atom is -0.360 e. The lowest BCUT2D eigenvalue weighted by atomic mass is 10.1. The number of carbonyl (C=O) groups excluding carboxylic acids is 1. The average molecular weight is 342 g/mol. The van der Waals surface area contributed by atoms with E-state index in [1.165, 1.54) is 0 Å². The third kappa shape index (κ3) is 3.87. The molecule has 1 unspecified atom stereocenters. The van der Waals surface area contributed by atoms with Gasteiger partial charge in [0, 0.05) is 17.5 Å². The quantitative estimate of drug-likeness (QED) is 0.719. The summed E-state index contributed by atoms with van der Waals surface area (Å²) in [5.41, 5.74) is 3.67. The van der Waals surface area contributed by atoms with Crippen LogP contribution in [0.1, 0.15) is 27.9 Å². The van der Waals surface area contributed by atoms with Crippen molar-refractivity contribution >= 4 is 23.1 Å². The number of aromatic nitrogens is 2. The van der Waals surface area contributed by atoms with Crippen molar-refractivity contribution < 1.29 is 9.32 Å². The first-order valence-electron chi connectivity index (χ1n) is 7.55. The maximum atomic E-state index is 12.7.